The highest BCUT2D eigenvalue weighted by Gasteiger charge is 2.19. The zero-order chi connectivity index (χ0) is 20.1. The molecule has 28 heavy (non-hydrogen) atoms. The predicted octanol–water partition coefficient (Wildman–Crippen LogP) is 4.18. The van der Waals surface area contributed by atoms with E-state index in [9.17, 15) is 5.11 Å². The minimum absolute atomic E-state index is 0.444. The predicted molar refractivity (Wildman–Crippen MR) is 110 cm³/mol. The van der Waals surface area contributed by atoms with E-state index in [1.807, 2.05) is 30.3 Å². The molecule has 0 aromatic heterocycles. The Morgan fingerprint density at radius 3 is 2.64 bits per heavy atom. The minimum Gasteiger partial charge on any atom is -0.497 e. The number of methoxy groups -OCH3 is 2. The van der Waals surface area contributed by atoms with Crippen LogP contribution in [0.1, 0.15) is 43.1 Å². The number of nitrogens with zero attached hydrogens (tertiary/aromatic N) is 1. The second kappa shape index (κ2) is 9.30. The van der Waals surface area contributed by atoms with Gasteiger partial charge in [-0.3, -0.25) is 4.90 Å². The highest BCUT2D eigenvalue weighted by Crippen LogP contribution is 2.31. The fourth-order valence-corrected chi connectivity index (χ4v) is 3.64. The van der Waals surface area contributed by atoms with Crippen LogP contribution in [0.2, 0.25) is 0 Å². The quantitative estimate of drug-likeness (QED) is 0.775. The molecule has 0 bridgehead atoms. The molecule has 3 rings (SSSR count). The van der Waals surface area contributed by atoms with Gasteiger partial charge in [-0.05, 0) is 48.2 Å². The molecule has 0 spiro atoms. The molecule has 1 heterocycles. The number of ether oxygens (including phenoxy) is 3. The minimum atomic E-state index is -0.444. The highest BCUT2D eigenvalue weighted by atomic mass is 16.5. The van der Waals surface area contributed by atoms with Gasteiger partial charge in [0.05, 0.1) is 20.3 Å². The first-order chi connectivity index (χ1) is 13.5. The van der Waals surface area contributed by atoms with E-state index in [4.69, 9.17) is 14.2 Å². The largest absolute Gasteiger partial charge is 0.497 e. The van der Waals surface area contributed by atoms with Gasteiger partial charge in [-0.15, -0.1) is 0 Å². The molecule has 2 aromatic carbocycles. The maximum absolute atomic E-state index is 10.5. The fraction of sp³-hybridized carbons (Fsp3) is 0.478. The topological polar surface area (TPSA) is 51.2 Å². The molecule has 1 unspecified atom stereocenters. The smallest absolute Gasteiger partial charge is 0.123 e. The number of fused-ring (bicyclic) bond motifs is 1. The molecule has 0 radical (unpaired) electrons. The Balaban J connectivity index is 1.80. The first-order valence-corrected chi connectivity index (χ1v) is 9.87. The number of benzene rings is 2. The van der Waals surface area contributed by atoms with Crippen molar-refractivity contribution < 1.29 is 19.3 Å². The normalized spacial score (nSPS) is 15.5. The Bertz CT molecular complexity index is 790. The van der Waals surface area contributed by atoms with Crippen LogP contribution in [-0.4, -0.2) is 37.4 Å². The van der Waals surface area contributed by atoms with E-state index in [0.29, 0.717) is 12.5 Å². The monoisotopic (exact) mass is 385 g/mol. The Kier molecular flexibility index (Phi) is 6.81. The van der Waals surface area contributed by atoms with Crippen LogP contribution in [0, 0.1) is 5.92 Å². The Labute approximate surface area is 167 Å². The number of hydrogen-bond donors (Lipinski definition) is 1. The summed E-state index contributed by atoms with van der Waals surface area (Å²) in [6.07, 6.45) is 0.310. The summed E-state index contributed by atoms with van der Waals surface area (Å²) in [4.78, 5) is 2.34. The van der Waals surface area contributed by atoms with Gasteiger partial charge in [0, 0.05) is 30.8 Å². The molecule has 1 atom stereocenters. The van der Waals surface area contributed by atoms with Crippen LogP contribution in [0.25, 0.3) is 0 Å². The molecule has 1 N–H and O–H groups in total. The lowest BCUT2D eigenvalue weighted by Crippen LogP contribution is -2.25. The summed E-state index contributed by atoms with van der Waals surface area (Å²) >= 11 is 0. The first kappa shape index (κ1) is 20.5. The Morgan fingerprint density at radius 1 is 1.11 bits per heavy atom. The average molecular weight is 386 g/mol. The summed E-state index contributed by atoms with van der Waals surface area (Å²) < 4.78 is 16.9. The van der Waals surface area contributed by atoms with Crippen molar-refractivity contribution in [1.29, 1.82) is 0 Å². The highest BCUT2D eigenvalue weighted by molar-refractivity contribution is 5.41. The molecule has 0 aliphatic carbocycles. The second-order valence-corrected chi connectivity index (χ2v) is 7.75. The lowest BCUT2D eigenvalue weighted by Gasteiger charge is -2.22. The van der Waals surface area contributed by atoms with Crippen molar-refractivity contribution in [3.63, 3.8) is 0 Å². The van der Waals surface area contributed by atoms with Gasteiger partial charge in [-0.25, -0.2) is 0 Å². The summed E-state index contributed by atoms with van der Waals surface area (Å²) in [5.74, 6) is 3.02. The van der Waals surface area contributed by atoms with Gasteiger partial charge in [-0.2, -0.15) is 0 Å². The van der Waals surface area contributed by atoms with Gasteiger partial charge in [0.1, 0.15) is 23.9 Å². The molecule has 5 heteroatoms. The lowest BCUT2D eigenvalue weighted by atomic mass is 9.97. The average Bonchev–Trinajstić information content (AvgIpc) is 2.88. The molecular formula is C23H31NO4. The second-order valence-electron chi connectivity index (χ2n) is 7.75. The standard InChI is InChI=1S/C23H31NO4/c1-16(2)11-21(25)17-5-7-23-18(12-17)14-24(9-10-28-23)15-19-13-20(26-3)6-8-22(19)27-4/h5-8,12-13,16,21,25H,9-11,14-15H2,1-4H3. The van der Waals surface area contributed by atoms with E-state index in [1.165, 1.54) is 0 Å². The van der Waals surface area contributed by atoms with E-state index in [-0.39, 0.29) is 0 Å². The van der Waals surface area contributed by atoms with Crippen molar-refractivity contribution in [2.75, 3.05) is 27.4 Å². The maximum atomic E-state index is 10.5. The maximum Gasteiger partial charge on any atom is 0.123 e. The number of hydrogen-bond acceptors (Lipinski definition) is 5. The van der Waals surface area contributed by atoms with Crippen LogP contribution in [-0.2, 0) is 13.1 Å². The van der Waals surface area contributed by atoms with Crippen molar-refractivity contribution in [1.82, 2.24) is 4.90 Å². The van der Waals surface area contributed by atoms with Gasteiger partial charge in [0.2, 0.25) is 0 Å². The van der Waals surface area contributed by atoms with Crippen LogP contribution >= 0.6 is 0 Å². The molecular weight excluding hydrogens is 354 g/mol. The number of aliphatic hydroxyl groups is 1. The summed E-state index contributed by atoms with van der Waals surface area (Å²) in [6.45, 7) is 7.20. The van der Waals surface area contributed by atoms with E-state index >= 15 is 0 Å². The van der Waals surface area contributed by atoms with Gasteiger partial charge in [0.25, 0.3) is 0 Å². The lowest BCUT2D eigenvalue weighted by molar-refractivity contribution is 0.151. The van der Waals surface area contributed by atoms with Crippen LogP contribution in [0.4, 0.5) is 0 Å². The van der Waals surface area contributed by atoms with Crippen LogP contribution in [0.3, 0.4) is 0 Å². The summed E-state index contributed by atoms with van der Waals surface area (Å²) in [5.41, 5.74) is 3.15. The third kappa shape index (κ3) is 4.97. The van der Waals surface area contributed by atoms with Gasteiger partial charge < -0.3 is 19.3 Å². The van der Waals surface area contributed by atoms with Gasteiger partial charge in [-0.1, -0.05) is 19.9 Å². The molecule has 1 aliphatic rings. The van der Waals surface area contributed by atoms with Crippen LogP contribution in [0.5, 0.6) is 17.2 Å². The SMILES string of the molecule is COc1ccc(OC)c(CN2CCOc3ccc(C(O)CC(C)C)cc3C2)c1. The van der Waals surface area contributed by atoms with Crippen LogP contribution in [0.15, 0.2) is 36.4 Å². The van der Waals surface area contributed by atoms with Crippen LogP contribution < -0.4 is 14.2 Å². The third-order valence-corrected chi connectivity index (χ3v) is 5.10. The van der Waals surface area contributed by atoms with E-state index in [0.717, 1.165) is 60.0 Å². The van der Waals surface area contributed by atoms with Crippen molar-refractivity contribution in [2.24, 2.45) is 5.92 Å². The summed E-state index contributed by atoms with van der Waals surface area (Å²) in [5, 5.41) is 10.5. The summed E-state index contributed by atoms with van der Waals surface area (Å²) in [6, 6.07) is 11.9. The molecule has 2 aromatic rings. The molecule has 5 nitrogen and oxygen atoms in total. The van der Waals surface area contributed by atoms with E-state index in [1.54, 1.807) is 14.2 Å². The molecule has 1 aliphatic heterocycles. The fourth-order valence-electron chi connectivity index (χ4n) is 3.64. The first-order valence-electron chi connectivity index (χ1n) is 9.87. The molecule has 0 fully saturated rings. The number of aliphatic hydroxyl groups excluding tert-OH is 1. The summed E-state index contributed by atoms with van der Waals surface area (Å²) in [7, 11) is 3.36. The Hall–Kier alpha value is -2.24. The van der Waals surface area contributed by atoms with E-state index < -0.39 is 6.10 Å². The molecule has 0 saturated heterocycles. The molecule has 152 valence electrons. The van der Waals surface area contributed by atoms with Crippen molar-refractivity contribution >= 4 is 0 Å². The van der Waals surface area contributed by atoms with Crippen molar-refractivity contribution in [3.05, 3.63) is 53.1 Å². The number of rotatable bonds is 7. The molecule has 0 amide bonds. The Morgan fingerprint density at radius 2 is 1.93 bits per heavy atom. The van der Waals surface area contributed by atoms with Gasteiger partial charge in [0.15, 0.2) is 0 Å². The van der Waals surface area contributed by atoms with Gasteiger partial charge >= 0.3 is 0 Å². The zero-order valence-electron chi connectivity index (χ0n) is 17.3. The van der Waals surface area contributed by atoms with Crippen molar-refractivity contribution in [2.45, 2.75) is 39.5 Å². The molecule has 0 saturated carbocycles. The zero-order valence-corrected chi connectivity index (χ0v) is 17.3. The van der Waals surface area contributed by atoms with Crippen molar-refractivity contribution in [3.8, 4) is 17.2 Å². The third-order valence-electron chi connectivity index (χ3n) is 5.10. The van der Waals surface area contributed by atoms with E-state index in [2.05, 4.69) is 24.8 Å².